The van der Waals surface area contributed by atoms with Gasteiger partial charge in [-0.3, -0.25) is 0 Å². The van der Waals surface area contributed by atoms with E-state index < -0.39 is 0 Å². The summed E-state index contributed by atoms with van der Waals surface area (Å²) >= 11 is 0. The molecule has 1 aliphatic carbocycles. The molecule has 0 amide bonds. The maximum absolute atomic E-state index is 5.82. The van der Waals surface area contributed by atoms with Crippen molar-refractivity contribution in [2.24, 2.45) is 4.99 Å². The maximum atomic E-state index is 5.82. The molecule has 1 aliphatic heterocycles. The second-order valence-electron chi connectivity index (χ2n) is 3.95. The number of nitrogens with zero attached hydrogens (tertiary/aromatic N) is 1. The Morgan fingerprint density at radius 2 is 2.00 bits per heavy atom. The van der Waals surface area contributed by atoms with Gasteiger partial charge in [-0.2, -0.15) is 0 Å². The van der Waals surface area contributed by atoms with Crippen LogP contribution in [0.2, 0.25) is 0 Å². The average molecular weight is 187 g/mol. The molecule has 14 heavy (non-hydrogen) atoms. The van der Waals surface area contributed by atoms with Crippen LogP contribution in [0.5, 0.6) is 0 Å². The van der Waals surface area contributed by atoms with Gasteiger partial charge >= 0.3 is 0 Å². The van der Waals surface area contributed by atoms with E-state index in [1.54, 1.807) is 0 Å². The number of hydrogen-bond donors (Lipinski definition) is 0. The number of benzene rings is 1. The molecule has 0 radical (unpaired) electrons. The molecule has 2 nitrogen and oxygen atoms in total. The Balaban J connectivity index is 1.88. The Hall–Kier alpha value is -1.31. The first-order chi connectivity index (χ1) is 6.93. The van der Waals surface area contributed by atoms with E-state index in [1.165, 1.54) is 19.3 Å². The lowest BCUT2D eigenvalue weighted by atomic mass is 10.2. The summed E-state index contributed by atoms with van der Waals surface area (Å²) < 4.78 is 5.82. The molecule has 0 spiro atoms. The van der Waals surface area contributed by atoms with Crippen LogP contribution in [0, 0.1) is 0 Å². The monoisotopic (exact) mass is 187 g/mol. The molecule has 1 heterocycles. The van der Waals surface area contributed by atoms with E-state index in [4.69, 9.17) is 4.74 Å². The van der Waals surface area contributed by atoms with Crippen molar-refractivity contribution >= 4 is 5.90 Å². The highest BCUT2D eigenvalue weighted by Gasteiger charge is 2.35. The molecule has 2 atom stereocenters. The fourth-order valence-electron chi connectivity index (χ4n) is 2.24. The van der Waals surface area contributed by atoms with Gasteiger partial charge in [-0.15, -0.1) is 0 Å². The topological polar surface area (TPSA) is 21.6 Å². The Morgan fingerprint density at radius 3 is 2.79 bits per heavy atom. The van der Waals surface area contributed by atoms with Crippen molar-refractivity contribution in [3.05, 3.63) is 35.9 Å². The molecule has 0 N–H and O–H groups in total. The zero-order valence-electron chi connectivity index (χ0n) is 8.02. The van der Waals surface area contributed by atoms with Gasteiger partial charge in [0.2, 0.25) is 5.90 Å². The van der Waals surface area contributed by atoms with Crippen molar-refractivity contribution in [2.75, 3.05) is 0 Å². The van der Waals surface area contributed by atoms with Gasteiger partial charge in [0.05, 0.1) is 6.04 Å². The van der Waals surface area contributed by atoms with E-state index in [1.807, 2.05) is 18.2 Å². The lowest BCUT2D eigenvalue weighted by Crippen LogP contribution is -2.15. The zero-order valence-corrected chi connectivity index (χ0v) is 8.02. The number of rotatable bonds is 1. The molecule has 1 aromatic carbocycles. The van der Waals surface area contributed by atoms with Crippen LogP contribution in [0.15, 0.2) is 35.3 Å². The molecule has 72 valence electrons. The molecule has 3 rings (SSSR count). The summed E-state index contributed by atoms with van der Waals surface area (Å²) in [6, 6.07) is 10.6. The predicted molar refractivity (Wildman–Crippen MR) is 55.5 cm³/mol. The van der Waals surface area contributed by atoms with Crippen LogP contribution in [0.1, 0.15) is 24.8 Å². The third-order valence-electron chi connectivity index (χ3n) is 2.98. The Kier molecular flexibility index (Phi) is 1.79. The SMILES string of the molecule is c1ccc(C2=NC3CCCC3O2)cc1. The molecule has 1 aromatic rings. The smallest absolute Gasteiger partial charge is 0.216 e. The fourth-order valence-corrected chi connectivity index (χ4v) is 2.24. The minimum atomic E-state index is 0.366. The normalized spacial score (nSPS) is 29.6. The third kappa shape index (κ3) is 1.22. The Bertz CT molecular complexity index is 358. The first-order valence-electron chi connectivity index (χ1n) is 5.23. The van der Waals surface area contributed by atoms with E-state index in [0.717, 1.165) is 11.5 Å². The van der Waals surface area contributed by atoms with Gasteiger partial charge in [0, 0.05) is 5.56 Å². The minimum absolute atomic E-state index is 0.366. The van der Waals surface area contributed by atoms with Crippen LogP contribution in [-0.2, 0) is 4.74 Å². The highest BCUT2D eigenvalue weighted by Crippen LogP contribution is 2.31. The summed E-state index contributed by atoms with van der Waals surface area (Å²) in [6.07, 6.45) is 4.00. The first-order valence-corrected chi connectivity index (χ1v) is 5.23. The summed E-state index contributed by atoms with van der Waals surface area (Å²) in [4.78, 5) is 4.61. The van der Waals surface area contributed by atoms with E-state index in [9.17, 15) is 0 Å². The Morgan fingerprint density at radius 1 is 1.14 bits per heavy atom. The van der Waals surface area contributed by atoms with Crippen LogP contribution in [0.3, 0.4) is 0 Å². The lowest BCUT2D eigenvalue weighted by Gasteiger charge is -2.07. The average Bonchev–Trinajstić information content (AvgIpc) is 2.78. The maximum Gasteiger partial charge on any atom is 0.216 e. The third-order valence-corrected chi connectivity index (χ3v) is 2.98. The molecule has 2 unspecified atom stereocenters. The van der Waals surface area contributed by atoms with E-state index in [0.29, 0.717) is 12.1 Å². The molecular formula is C12H13NO. The molecule has 0 aromatic heterocycles. The first kappa shape index (κ1) is 8.04. The molecular weight excluding hydrogens is 174 g/mol. The van der Waals surface area contributed by atoms with E-state index >= 15 is 0 Å². The van der Waals surface area contributed by atoms with Gasteiger partial charge in [0.25, 0.3) is 0 Å². The standard InChI is InChI=1S/C12H13NO/c1-2-5-9(6-3-1)12-13-10-7-4-8-11(10)14-12/h1-3,5-6,10-11H,4,7-8H2. The van der Waals surface area contributed by atoms with Crippen LogP contribution < -0.4 is 0 Å². The highest BCUT2D eigenvalue weighted by molar-refractivity contribution is 5.95. The molecule has 0 saturated heterocycles. The van der Waals surface area contributed by atoms with Gasteiger partial charge in [-0.25, -0.2) is 4.99 Å². The quantitative estimate of drug-likeness (QED) is 0.661. The van der Waals surface area contributed by atoms with Gasteiger partial charge in [-0.05, 0) is 31.4 Å². The second-order valence-corrected chi connectivity index (χ2v) is 3.95. The largest absolute Gasteiger partial charge is 0.472 e. The van der Waals surface area contributed by atoms with Crippen LogP contribution in [0.25, 0.3) is 0 Å². The van der Waals surface area contributed by atoms with Crippen LogP contribution >= 0.6 is 0 Å². The van der Waals surface area contributed by atoms with Crippen molar-refractivity contribution in [2.45, 2.75) is 31.4 Å². The number of aliphatic imine (C=N–C) groups is 1. The molecule has 2 aliphatic rings. The molecule has 1 fully saturated rings. The number of hydrogen-bond acceptors (Lipinski definition) is 2. The summed E-state index contributed by atoms with van der Waals surface area (Å²) in [5.41, 5.74) is 1.11. The molecule has 1 saturated carbocycles. The molecule has 0 bridgehead atoms. The summed E-state index contributed by atoms with van der Waals surface area (Å²) in [6.45, 7) is 0. The fraction of sp³-hybridized carbons (Fsp3) is 0.417. The predicted octanol–water partition coefficient (Wildman–Crippen LogP) is 2.38. The van der Waals surface area contributed by atoms with Crippen LogP contribution in [0.4, 0.5) is 0 Å². The highest BCUT2D eigenvalue weighted by atomic mass is 16.5. The summed E-state index contributed by atoms with van der Waals surface area (Å²) in [5, 5.41) is 0. The lowest BCUT2D eigenvalue weighted by molar-refractivity contribution is 0.211. The second kappa shape index (κ2) is 3.12. The van der Waals surface area contributed by atoms with Crippen molar-refractivity contribution in [1.82, 2.24) is 0 Å². The number of ether oxygens (including phenoxy) is 1. The van der Waals surface area contributed by atoms with Crippen molar-refractivity contribution in [1.29, 1.82) is 0 Å². The minimum Gasteiger partial charge on any atom is -0.472 e. The van der Waals surface area contributed by atoms with Gasteiger partial charge < -0.3 is 4.74 Å². The number of fused-ring (bicyclic) bond motifs is 1. The van der Waals surface area contributed by atoms with Gasteiger partial charge in [-0.1, -0.05) is 18.2 Å². The van der Waals surface area contributed by atoms with Crippen molar-refractivity contribution in [3.63, 3.8) is 0 Å². The van der Waals surface area contributed by atoms with Crippen molar-refractivity contribution in [3.8, 4) is 0 Å². The summed E-state index contributed by atoms with van der Waals surface area (Å²) in [7, 11) is 0. The zero-order chi connectivity index (χ0) is 9.38. The molecule has 2 heteroatoms. The van der Waals surface area contributed by atoms with E-state index in [2.05, 4.69) is 17.1 Å². The van der Waals surface area contributed by atoms with E-state index in [-0.39, 0.29) is 0 Å². The van der Waals surface area contributed by atoms with Gasteiger partial charge in [0.1, 0.15) is 6.10 Å². The Labute approximate surface area is 83.6 Å². The summed E-state index contributed by atoms with van der Waals surface area (Å²) in [5.74, 6) is 0.848. The van der Waals surface area contributed by atoms with Crippen LogP contribution in [-0.4, -0.2) is 18.0 Å². The van der Waals surface area contributed by atoms with Gasteiger partial charge in [0.15, 0.2) is 0 Å². The van der Waals surface area contributed by atoms with Crippen molar-refractivity contribution < 1.29 is 4.74 Å².